The Bertz CT molecular complexity index is 159. The first-order chi connectivity index (χ1) is 4.75. The highest BCUT2D eigenvalue weighted by atomic mass is 16.5. The molecular formula is C4H6N2O4. The molecule has 0 aliphatic carbocycles. The Hall–Kier alpha value is -1.17. The number of carboxylic acid groups (broad SMARTS) is 1. The second-order valence-electron chi connectivity index (χ2n) is 1.88. The summed E-state index contributed by atoms with van der Waals surface area (Å²) in [5.74, 6) is -1.09. The summed E-state index contributed by atoms with van der Waals surface area (Å²) in [6.45, 7) is 0.00153. The van der Waals surface area contributed by atoms with Crippen molar-refractivity contribution in [2.24, 2.45) is 5.29 Å². The summed E-state index contributed by atoms with van der Waals surface area (Å²) in [7, 11) is 0. The van der Waals surface area contributed by atoms with Gasteiger partial charge in [0.2, 0.25) is 0 Å². The molecule has 6 heteroatoms. The molecule has 1 aliphatic rings. The van der Waals surface area contributed by atoms with Crippen molar-refractivity contribution in [2.75, 3.05) is 13.3 Å². The Morgan fingerprint density at radius 3 is 2.90 bits per heavy atom. The van der Waals surface area contributed by atoms with Crippen LogP contribution in [0.15, 0.2) is 5.29 Å². The molecule has 0 aromatic rings. The maximum absolute atomic E-state index is 10.3. The molecule has 1 saturated heterocycles. The molecular weight excluding hydrogens is 140 g/mol. The predicted molar refractivity (Wildman–Crippen MR) is 29.9 cm³/mol. The Morgan fingerprint density at radius 2 is 2.50 bits per heavy atom. The molecule has 0 radical (unpaired) electrons. The van der Waals surface area contributed by atoms with Gasteiger partial charge < -0.3 is 9.84 Å². The first-order valence-corrected chi connectivity index (χ1v) is 2.66. The molecule has 0 amide bonds. The van der Waals surface area contributed by atoms with E-state index in [2.05, 4.69) is 10.0 Å². The number of hydrogen-bond donors (Lipinski definition) is 1. The Balaban J connectivity index is 2.58. The van der Waals surface area contributed by atoms with Gasteiger partial charge in [-0.25, -0.2) is 9.80 Å². The monoisotopic (exact) mass is 146 g/mol. The second-order valence-corrected chi connectivity index (χ2v) is 1.88. The van der Waals surface area contributed by atoms with Crippen molar-refractivity contribution in [3.63, 3.8) is 0 Å². The molecule has 0 bridgehead atoms. The topological polar surface area (TPSA) is 79.2 Å². The largest absolute Gasteiger partial charge is 0.480 e. The molecule has 56 valence electrons. The highest BCUT2D eigenvalue weighted by molar-refractivity contribution is 5.73. The first kappa shape index (κ1) is 6.94. The van der Waals surface area contributed by atoms with E-state index in [0.29, 0.717) is 0 Å². The minimum Gasteiger partial charge on any atom is -0.480 e. The van der Waals surface area contributed by atoms with E-state index in [0.717, 1.165) is 5.01 Å². The van der Waals surface area contributed by atoms with E-state index in [-0.39, 0.29) is 13.3 Å². The molecule has 1 N–H and O–H groups in total. The van der Waals surface area contributed by atoms with E-state index in [4.69, 9.17) is 5.11 Å². The van der Waals surface area contributed by atoms with E-state index in [1.54, 1.807) is 0 Å². The SMILES string of the molecule is O=NN1COCC1C(=O)O. The van der Waals surface area contributed by atoms with Crippen LogP contribution in [0.2, 0.25) is 0 Å². The normalized spacial score (nSPS) is 24.8. The third-order valence-corrected chi connectivity index (χ3v) is 1.25. The van der Waals surface area contributed by atoms with Crippen LogP contribution in [-0.4, -0.2) is 35.5 Å². The molecule has 1 unspecified atom stereocenters. The van der Waals surface area contributed by atoms with E-state index < -0.39 is 12.0 Å². The van der Waals surface area contributed by atoms with Crippen LogP contribution in [-0.2, 0) is 9.53 Å². The molecule has 6 nitrogen and oxygen atoms in total. The highest BCUT2D eigenvalue weighted by Gasteiger charge is 2.31. The van der Waals surface area contributed by atoms with Crippen molar-refractivity contribution in [2.45, 2.75) is 6.04 Å². The van der Waals surface area contributed by atoms with Gasteiger partial charge in [0, 0.05) is 0 Å². The number of carboxylic acids is 1. The van der Waals surface area contributed by atoms with Gasteiger partial charge in [-0.1, -0.05) is 0 Å². The molecule has 0 spiro atoms. The van der Waals surface area contributed by atoms with Crippen molar-refractivity contribution in [1.82, 2.24) is 5.01 Å². The highest BCUT2D eigenvalue weighted by Crippen LogP contribution is 2.08. The van der Waals surface area contributed by atoms with Crippen LogP contribution in [0, 0.1) is 4.91 Å². The van der Waals surface area contributed by atoms with Gasteiger partial charge in [-0.2, -0.15) is 0 Å². The number of aliphatic carboxylic acids is 1. The summed E-state index contributed by atoms with van der Waals surface area (Å²) in [5, 5.41) is 11.7. The van der Waals surface area contributed by atoms with Crippen LogP contribution in [0.5, 0.6) is 0 Å². The zero-order chi connectivity index (χ0) is 7.56. The lowest BCUT2D eigenvalue weighted by atomic mass is 10.3. The van der Waals surface area contributed by atoms with Gasteiger partial charge in [-0.15, -0.1) is 4.91 Å². The smallest absolute Gasteiger partial charge is 0.330 e. The fourth-order valence-electron chi connectivity index (χ4n) is 0.713. The maximum Gasteiger partial charge on any atom is 0.330 e. The minimum atomic E-state index is -1.09. The van der Waals surface area contributed by atoms with Crippen LogP contribution in [0.1, 0.15) is 0 Å². The summed E-state index contributed by atoms with van der Waals surface area (Å²) in [6, 6.07) is -0.905. The van der Waals surface area contributed by atoms with E-state index in [1.165, 1.54) is 0 Å². The molecule has 1 aliphatic heterocycles. The maximum atomic E-state index is 10.3. The number of nitrogens with zero attached hydrogens (tertiary/aromatic N) is 2. The molecule has 0 aromatic carbocycles. The molecule has 1 atom stereocenters. The van der Waals surface area contributed by atoms with Crippen molar-refractivity contribution in [3.8, 4) is 0 Å². The number of carbonyl (C=O) groups is 1. The van der Waals surface area contributed by atoms with Gasteiger partial charge in [0.15, 0.2) is 6.04 Å². The van der Waals surface area contributed by atoms with Crippen molar-refractivity contribution >= 4 is 5.97 Å². The minimum absolute atomic E-state index is 0.0273. The lowest BCUT2D eigenvalue weighted by Crippen LogP contribution is -2.33. The number of hydrogen-bond acceptors (Lipinski definition) is 4. The molecule has 1 fully saturated rings. The summed E-state index contributed by atoms with van der Waals surface area (Å²) >= 11 is 0. The third-order valence-electron chi connectivity index (χ3n) is 1.25. The summed E-state index contributed by atoms with van der Waals surface area (Å²) in [4.78, 5) is 20.1. The van der Waals surface area contributed by atoms with E-state index in [9.17, 15) is 9.70 Å². The average Bonchev–Trinajstić information content (AvgIpc) is 2.33. The quantitative estimate of drug-likeness (QED) is 0.527. The van der Waals surface area contributed by atoms with Crippen LogP contribution in [0.3, 0.4) is 0 Å². The van der Waals surface area contributed by atoms with E-state index >= 15 is 0 Å². The number of nitroso groups, excluding NO2 is 1. The summed E-state index contributed by atoms with van der Waals surface area (Å²) in [6.07, 6.45) is 0. The summed E-state index contributed by atoms with van der Waals surface area (Å²) < 4.78 is 4.67. The van der Waals surface area contributed by atoms with Crippen molar-refractivity contribution < 1.29 is 14.6 Å². The molecule has 0 saturated carbocycles. The predicted octanol–water partition coefficient (Wildman–Crippen LogP) is -0.589. The van der Waals surface area contributed by atoms with Gasteiger partial charge in [-0.3, -0.25) is 0 Å². The van der Waals surface area contributed by atoms with Crippen LogP contribution in [0.4, 0.5) is 0 Å². The van der Waals surface area contributed by atoms with Gasteiger partial charge in [0.1, 0.15) is 6.73 Å². The summed E-state index contributed by atoms with van der Waals surface area (Å²) in [5.41, 5.74) is 0. The lowest BCUT2D eigenvalue weighted by Gasteiger charge is -2.08. The van der Waals surface area contributed by atoms with Gasteiger partial charge in [-0.05, 0) is 0 Å². The van der Waals surface area contributed by atoms with Crippen LogP contribution >= 0.6 is 0 Å². The van der Waals surface area contributed by atoms with E-state index in [1.807, 2.05) is 0 Å². The molecule has 1 rings (SSSR count). The lowest BCUT2D eigenvalue weighted by molar-refractivity contribution is -0.141. The van der Waals surface area contributed by atoms with Crippen molar-refractivity contribution in [3.05, 3.63) is 4.91 Å². The number of rotatable bonds is 2. The molecule has 0 aromatic heterocycles. The number of ether oxygens (including phenoxy) is 1. The van der Waals surface area contributed by atoms with Crippen molar-refractivity contribution in [1.29, 1.82) is 0 Å². The third kappa shape index (κ3) is 1.06. The van der Waals surface area contributed by atoms with Crippen LogP contribution < -0.4 is 0 Å². The van der Waals surface area contributed by atoms with Crippen LogP contribution in [0.25, 0.3) is 0 Å². The first-order valence-electron chi connectivity index (χ1n) is 2.66. The zero-order valence-corrected chi connectivity index (χ0v) is 5.06. The fourth-order valence-corrected chi connectivity index (χ4v) is 0.713. The molecule has 10 heavy (non-hydrogen) atoms. The van der Waals surface area contributed by atoms with Gasteiger partial charge in [0.05, 0.1) is 11.9 Å². The standard InChI is InChI=1S/C4H6N2O4/c7-4(8)3-1-10-2-6(3)5-9/h3H,1-2H2,(H,7,8). The Morgan fingerprint density at radius 1 is 1.80 bits per heavy atom. The Labute approximate surface area is 56.3 Å². The second kappa shape index (κ2) is 2.61. The average molecular weight is 146 g/mol. The fraction of sp³-hybridized carbons (Fsp3) is 0.750. The molecule has 1 heterocycles. The Kier molecular flexibility index (Phi) is 1.81. The van der Waals surface area contributed by atoms with Gasteiger partial charge >= 0.3 is 5.97 Å². The van der Waals surface area contributed by atoms with Gasteiger partial charge in [0.25, 0.3) is 0 Å². The zero-order valence-electron chi connectivity index (χ0n) is 5.06.